The van der Waals surface area contributed by atoms with Gasteiger partial charge in [0, 0.05) is 24.8 Å². The van der Waals surface area contributed by atoms with E-state index in [0.717, 1.165) is 36.5 Å². The molecule has 0 aliphatic rings. The summed E-state index contributed by atoms with van der Waals surface area (Å²) in [6, 6.07) is 24.4. The molecule has 2 N–H and O–H groups in total. The number of guanidine groups is 1. The number of aliphatic imine (C=N–C) groups is 1. The molecule has 1 aromatic heterocycles. The fourth-order valence-electron chi connectivity index (χ4n) is 3.36. The molecule has 0 radical (unpaired) electrons. The summed E-state index contributed by atoms with van der Waals surface area (Å²) in [7, 11) is 0. The van der Waals surface area contributed by atoms with Gasteiger partial charge in [-0.3, -0.25) is 4.79 Å². The topological polar surface area (TPSA) is 58.4 Å². The summed E-state index contributed by atoms with van der Waals surface area (Å²) >= 11 is 0. The zero-order valence-electron chi connectivity index (χ0n) is 18.8. The first-order chi connectivity index (χ1) is 15.1. The van der Waals surface area contributed by atoms with E-state index in [9.17, 15) is 4.79 Å². The lowest BCUT2D eigenvalue weighted by molar-refractivity contribution is 0.593. The maximum absolute atomic E-state index is 11.9. The Balaban J connectivity index is 0.00000363. The van der Waals surface area contributed by atoms with Crippen LogP contribution in [0.4, 0.5) is 0 Å². The van der Waals surface area contributed by atoms with E-state index in [0.29, 0.717) is 19.1 Å². The molecule has 2 aromatic carbocycles. The maximum atomic E-state index is 11.9. The molecule has 0 aliphatic carbocycles. The van der Waals surface area contributed by atoms with Crippen LogP contribution in [0.15, 0.2) is 88.8 Å². The van der Waals surface area contributed by atoms with Gasteiger partial charge in [-0.1, -0.05) is 60.7 Å². The van der Waals surface area contributed by atoms with Crippen molar-refractivity contribution in [2.75, 3.05) is 6.54 Å². The van der Waals surface area contributed by atoms with Gasteiger partial charge in [-0.25, -0.2) is 4.99 Å². The molecule has 5 nitrogen and oxygen atoms in total. The highest BCUT2D eigenvalue weighted by atomic mass is 127. The van der Waals surface area contributed by atoms with Crippen LogP contribution in [0.3, 0.4) is 0 Å². The Morgan fingerprint density at radius 2 is 1.62 bits per heavy atom. The Kier molecular flexibility index (Phi) is 11.0. The molecule has 170 valence electrons. The second kappa shape index (κ2) is 13.7. The summed E-state index contributed by atoms with van der Waals surface area (Å²) in [6.07, 6.45) is 3.90. The minimum absolute atomic E-state index is 0. The number of aryl methyl sites for hydroxylation is 1. The molecular weight excluding hydrogens is 511 g/mol. The van der Waals surface area contributed by atoms with Crippen LogP contribution in [0.1, 0.15) is 37.0 Å². The summed E-state index contributed by atoms with van der Waals surface area (Å²) in [5, 5.41) is 6.84. The first-order valence-corrected chi connectivity index (χ1v) is 11.0. The standard InChI is InChI=1S/C26H32N4O.HI/c1-3-27-26(29-21(2)12-13-22-9-5-4-6-10-22)28-19-23-14-16-24(17-15-23)20-30-18-8-7-11-25(30)31;/h4-11,14-18,21H,3,12-13,19-20H2,1-2H3,(H2,27,28,29);1H. The van der Waals surface area contributed by atoms with Gasteiger partial charge >= 0.3 is 0 Å². The Labute approximate surface area is 208 Å². The van der Waals surface area contributed by atoms with Crippen molar-refractivity contribution < 1.29 is 0 Å². The molecule has 1 atom stereocenters. The molecule has 3 rings (SSSR count). The number of benzene rings is 2. The Morgan fingerprint density at radius 1 is 0.938 bits per heavy atom. The van der Waals surface area contributed by atoms with Crippen LogP contribution < -0.4 is 16.2 Å². The van der Waals surface area contributed by atoms with E-state index in [1.807, 2.05) is 12.3 Å². The van der Waals surface area contributed by atoms with Crippen molar-refractivity contribution in [2.45, 2.75) is 45.8 Å². The van der Waals surface area contributed by atoms with Crippen LogP contribution in [0.5, 0.6) is 0 Å². The van der Waals surface area contributed by atoms with Crippen molar-refractivity contribution in [1.82, 2.24) is 15.2 Å². The van der Waals surface area contributed by atoms with Gasteiger partial charge in [0.2, 0.25) is 0 Å². The minimum atomic E-state index is 0. The summed E-state index contributed by atoms with van der Waals surface area (Å²) in [4.78, 5) is 16.6. The lowest BCUT2D eigenvalue weighted by Crippen LogP contribution is -2.42. The zero-order valence-corrected chi connectivity index (χ0v) is 21.2. The second-order valence-electron chi connectivity index (χ2n) is 7.75. The van der Waals surface area contributed by atoms with Gasteiger partial charge in [0.15, 0.2) is 5.96 Å². The van der Waals surface area contributed by atoms with E-state index in [1.165, 1.54) is 5.56 Å². The number of hydrogen-bond acceptors (Lipinski definition) is 2. The lowest BCUT2D eigenvalue weighted by atomic mass is 10.1. The van der Waals surface area contributed by atoms with Gasteiger partial charge in [0.05, 0.1) is 13.1 Å². The van der Waals surface area contributed by atoms with Gasteiger partial charge in [0.1, 0.15) is 0 Å². The minimum Gasteiger partial charge on any atom is -0.357 e. The molecular formula is C26H33IN4O. The maximum Gasteiger partial charge on any atom is 0.250 e. The van der Waals surface area contributed by atoms with Crippen molar-refractivity contribution >= 4 is 29.9 Å². The van der Waals surface area contributed by atoms with Crippen LogP contribution in [0, 0.1) is 0 Å². The number of aromatic nitrogens is 1. The van der Waals surface area contributed by atoms with Gasteiger partial charge < -0.3 is 15.2 Å². The van der Waals surface area contributed by atoms with Crippen molar-refractivity contribution in [3.8, 4) is 0 Å². The third-order valence-electron chi connectivity index (χ3n) is 5.13. The summed E-state index contributed by atoms with van der Waals surface area (Å²) in [5.74, 6) is 0.836. The average Bonchev–Trinajstić information content (AvgIpc) is 2.79. The molecule has 6 heteroatoms. The second-order valence-corrected chi connectivity index (χ2v) is 7.75. The predicted octanol–water partition coefficient (Wildman–Crippen LogP) is 4.59. The third-order valence-corrected chi connectivity index (χ3v) is 5.13. The number of pyridine rings is 1. The van der Waals surface area contributed by atoms with Crippen molar-refractivity contribution in [3.63, 3.8) is 0 Å². The molecule has 0 saturated carbocycles. The number of rotatable bonds is 9. The lowest BCUT2D eigenvalue weighted by Gasteiger charge is -2.18. The SMILES string of the molecule is CCNC(=NCc1ccc(Cn2ccccc2=O)cc1)NC(C)CCc1ccccc1.I. The summed E-state index contributed by atoms with van der Waals surface area (Å²) < 4.78 is 1.71. The predicted molar refractivity (Wildman–Crippen MR) is 144 cm³/mol. The molecule has 0 amide bonds. The smallest absolute Gasteiger partial charge is 0.250 e. The van der Waals surface area contributed by atoms with E-state index in [4.69, 9.17) is 4.99 Å². The van der Waals surface area contributed by atoms with Gasteiger partial charge in [-0.15, -0.1) is 24.0 Å². The molecule has 0 spiro atoms. The largest absolute Gasteiger partial charge is 0.357 e. The zero-order chi connectivity index (χ0) is 21.9. The monoisotopic (exact) mass is 544 g/mol. The molecule has 0 aliphatic heterocycles. The van der Waals surface area contributed by atoms with Gasteiger partial charge in [0.25, 0.3) is 5.56 Å². The number of hydrogen-bond donors (Lipinski definition) is 2. The molecule has 0 saturated heterocycles. The first-order valence-electron chi connectivity index (χ1n) is 11.0. The average molecular weight is 544 g/mol. The highest BCUT2D eigenvalue weighted by Gasteiger charge is 2.06. The van der Waals surface area contributed by atoms with Gasteiger partial charge in [-0.2, -0.15) is 0 Å². The third kappa shape index (κ3) is 8.49. The van der Waals surface area contributed by atoms with Crippen LogP contribution in [0.25, 0.3) is 0 Å². The molecule has 0 fully saturated rings. The molecule has 1 heterocycles. The fourth-order valence-corrected chi connectivity index (χ4v) is 3.36. The Morgan fingerprint density at radius 3 is 2.31 bits per heavy atom. The van der Waals surface area contributed by atoms with Crippen LogP contribution >= 0.6 is 24.0 Å². The Bertz CT molecular complexity index is 1020. The van der Waals surface area contributed by atoms with Crippen LogP contribution in [0.2, 0.25) is 0 Å². The van der Waals surface area contributed by atoms with Gasteiger partial charge in [-0.05, 0) is 49.4 Å². The molecule has 0 bridgehead atoms. The van der Waals surface area contributed by atoms with Crippen molar-refractivity contribution in [1.29, 1.82) is 0 Å². The van der Waals surface area contributed by atoms with Crippen LogP contribution in [-0.4, -0.2) is 23.1 Å². The highest BCUT2D eigenvalue weighted by Crippen LogP contribution is 2.08. The van der Waals surface area contributed by atoms with E-state index in [2.05, 4.69) is 79.1 Å². The van der Waals surface area contributed by atoms with Crippen molar-refractivity contribution in [3.05, 3.63) is 106 Å². The first kappa shape index (κ1) is 25.6. The normalized spacial score (nSPS) is 12.0. The summed E-state index contributed by atoms with van der Waals surface area (Å²) in [5.41, 5.74) is 3.61. The highest BCUT2D eigenvalue weighted by molar-refractivity contribution is 14.0. The Hall–Kier alpha value is -2.61. The van der Waals surface area contributed by atoms with E-state index >= 15 is 0 Å². The number of nitrogens with zero attached hydrogens (tertiary/aromatic N) is 2. The molecule has 32 heavy (non-hydrogen) atoms. The van der Waals surface area contributed by atoms with Crippen LogP contribution in [-0.2, 0) is 19.5 Å². The summed E-state index contributed by atoms with van der Waals surface area (Å²) in [6.45, 7) is 6.27. The van der Waals surface area contributed by atoms with E-state index in [1.54, 1.807) is 16.7 Å². The molecule has 1 unspecified atom stereocenters. The molecule has 3 aromatic rings. The van der Waals surface area contributed by atoms with Crippen molar-refractivity contribution in [2.24, 2.45) is 4.99 Å². The number of halogens is 1. The quantitative estimate of drug-likeness (QED) is 0.236. The number of nitrogens with one attached hydrogen (secondary N) is 2. The van der Waals surface area contributed by atoms with E-state index in [-0.39, 0.29) is 29.5 Å². The fraction of sp³-hybridized carbons (Fsp3) is 0.308. The van der Waals surface area contributed by atoms with E-state index < -0.39 is 0 Å².